The molecule has 1 aromatic rings. The zero-order valence-electron chi connectivity index (χ0n) is 8.29. The first kappa shape index (κ1) is 12.1. The number of urea groups is 1. The van der Waals surface area contributed by atoms with Gasteiger partial charge in [-0.2, -0.15) is 0 Å². The quantitative estimate of drug-likeness (QED) is 0.787. The lowest BCUT2D eigenvalue weighted by atomic mass is 10.2. The van der Waals surface area contributed by atoms with E-state index in [2.05, 4.69) is 26.6 Å². The Morgan fingerprint density at radius 1 is 1.67 bits per heavy atom. The van der Waals surface area contributed by atoms with Gasteiger partial charge in [0.25, 0.3) is 0 Å². The van der Waals surface area contributed by atoms with Gasteiger partial charge in [-0.15, -0.1) is 0 Å². The summed E-state index contributed by atoms with van der Waals surface area (Å²) in [6.07, 6.45) is 0.672. The monoisotopic (exact) mass is 276 g/mol. The van der Waals surface area contributed by atoms with E-state index >= 15 is 0 Å². The average molecular weight is 277 g/mol. The summed E-state index contributed by atoms with van der Waals surface area (Å²) in [4.78, 5) is 11.3. The predicted octanol–water partition coefficient (Wildman–Crippen LogP) is 1.93. The lowest BCUT2D eigenvalue weighted by Crippen LogP contribution is -2.39. The lowest BCUT2D eigenvalue weighted by Gasteiger charge is -2.13. The number of aliphatic hydroxyl groups excluding tert-OH is 1. The van der Waals surface area contributed by atoms with Crippen molar-refractivity contribution in [2.24, 2.45) is 0 Å². The number of hydrogen-bond donors (Lipinski definition) is 3. The molecular weight excluding hydrogens is 264 g/mol. The number of carbonyl (C=O) groups excluding carboxylic acids is 1. The molecule has 0 saturated carbocycles. The summed E-state index contributed by atoms with van der Waals surface area (Å²) >= 11 is 3.12. The molecule has 5 nitrogen and oxygen atoms in total. The summed E-state index contributed by atoms with van der Waals surface area (Å²) in [5, 5.41) is 14.0. The summed E-state index contributed by atoms with van der Waals surface area (Å²) in [5.41, 5.74) is 0. The molecule has 1 aromatic heterocycles. The maximum Gasteiger partial charge on any atom is 0.321 e. The van der Waals surface area contributed by atoms with Crippen molar-refractivity contribution in [2.45, 2.75) is 19.4 Å². The average Bonchev–Trinajstić information content (AvgIpc) is 2.60. The third kappa shape index (κ3) is 3.93. The third-order valence-corrected chi connectivity index (χ3v) is 2.28. The summed E-state index contributed by atoms with van der Waals surface area (Å²) in [6.45, 7) is 1.80. The van der Waals surface area contributed by atoms with Crippen molar-refractivity contribution in [3.05, 3.63) is 16.8 Å². The minimum Gasteiger partial charge on any atom is -0.434 e. The van der Waals surface area contributed by atoms with E-state index in [0.717, 1.165) is 0 Å². The van der Waals surface area contributed by atoms with Crippen LogP contribution in [0.25, 0.3) is 0 Å². The number of rotatable bonds is 4. The smallest absolute Gasteiger partial charge is 0.321 e. The molecule has 3 N–H and O–H groups in total. The van der Waals surface area contributed by atoms with Gasteiger partial charge in [-0.25, -0.2) is 4.79 Å². The number of furan rings is 1. The lowest BCUT2D eigenvalue weighted by molar-refractivity contribution is 0.222. The standard InChI is InChI=1S/C9H13BrN2O3/c1-2-6(5-13)11-9(14)12-8-4-3-7(10)15-8/h3-4,6,13H,2,5H2,1H3,(H2,11,12,14). The van der Waals surface area contributed by atoms with Crippen LogP contribution in [0.15, 0.2) is 21.2 Å². The van der Waals surface area contributed by atoms with Crippen LogP contribution in [0.3, 0.4) is 0 Å². The van der Waals surface area contributed by atoms with E-state index in [4.69, 9.17) is 9.52 Å². The zero-order valence-corrected chi connectivity index (χ0v) is 9.87. The number of nitrogens with one attached hydrogen (secondary N) is 2. The highest BCUT2D eigenvalue weighted by molar-refractivity contribution is 9.10. The van der Waals surface area contributed by atoms with E-state index in [1.165, 1.54) is 0 Å². The Bertz CT molecular complexity index is 323. The van der Waals surface area contributed by atoms with Gasteiger partial charge < -0.3 is 14.8 Å². The van der Waals surface area contributed by atoms with Crippen LogP contribution in [0.4, 0.5) is 10.7 Å². The Labute approximate surface area is 96.0 Å². The SMILES string of the molecule is CCC(CO)NC(=O)Nc1ccc(Br)o1. The van der Waals surface area contributed by atoms with Crippen molar-refractivity contribution in [3.63, 3.8) is 0 Å². The van der Waals surface area contributed by atoms with Crippen LogP contribution in [-0.4, -0.2) is 23.8 Å². The molecule has 2 amide bonds. The first-order chi connectivity index (χ1) is 7.15. The van der Waals surface area contributed by atoms with Crippen LogP contribution in [0, 0.1) is 0 Å². The molecule has 0 bridgehead atoms. The molecule has 6 heteroatoms. The van der Waals surface area contributed by atoms with Gasteiger partial charge in [-0.3, -0.25) is 5.32 Å². The van der Waals surface area contributed by atoms with Crippen LogP contribution < -0.4 is 10.6 Å². The summed E-state index contributed by atoms with van der Waals surface area (Å²) in [7, 11) is 0. The zero-order chi connectivity index (χ0) is 11.3. The molecule has 0 aliphatic heterocycles. The Kier molecular flexibility index (Phi) is 4.64. The maximum absolute atomic E-state index is 11.3. The minimum atomic E-state index is -0.391. The topological polar surface area (TPSA) is 74.5 Å². The van der Waals surface area contributed by atoms with E-state index in [1.54, 1.807) is 12.1 Å². The number of hydrogen-bond acceptors (Lipinski definition) is 3. The highest BCUT2D eigenvalue weighted by Crippen LogP contribution is 2.17. The fourth-order valence-corrected chi connectivity index (χ4v) is 1.30. The molecule has 15 heavy (non-hydrogen) atoms. The Morgan fingerprint density at radius 3 is 2.87 bits per heavy atom. The third-order valence-electron chi connectivity index (χ3n) is 1.86. The number of halogens is 1. The van der Waals surface area contributed by atoms with Gasteiger partial charge in [0.15, 0.2) is 4.67 Å². The molecule has 0 saturated heterocycles. The van der Waals surface area contributed by atoms with Gasteiger partial charge in [0.1, 0.15) is 0 Å². The second-order valence-electron chi connectivity index (χ2n) is 2.99. The molecule has 1 rings (SSSR count). The van der Waals surface area contributed by atoms with Crippen molar-refractivity contribution in [2.75, 3.05) is 11.9 Å². The summed E-state index contributed by atoms with van der Waals surface area (Å²) < 4.78 is 5.63. The normalized spacial score (nSPS) is 12.2. The molecule has 0 aliphatic carbocycles. The largest absolute Gasteiger partial charge is 0.434 e. The number of aliphatic hydroxyl groups is 1. The summed E-state index contributed by atoms with van der Waals surface area (Å²) in [6, 6.07) is 2.68. The highest BCUT2D eigenvalue weighted by atomic mass is 79.9. The van der Waals surface area contributed by atoms with Crippen molar-refractivity contribution in [3.8, 4) is 0 Å². The van der Waals surface area contributed by atoms with E-state index in [0.29, 0.717) is 17.0 Å². The van der Waals surface area contributed by atoms with Crippen LogP contribution in [-0.2, 0) is 0 Å². The van der Waals surface area contributed by atoms with Crippen molar-refractivity contribution < 1.29 is 14.3 Å². The molecule has 84 valence electrons. The molecule has 0 fully saturated rings. The molecule has 1 atom stereocenters. The van der Waals surface area contributed by atoms with Crippen molar-refractivity contribution in [1.29, 1.82) is 0 Å². The Balaban J connectivity index is 2.42. The van der Waals surface area contributed by atoms with Gasteiger partial charge in [-0.05, 0) is 28.4 Å². The van der Waals surface area contributed by atoms with E-state index in [1.807, 2.05) is 6.92 Å². The molecule has 0 radical (unpaired) electrons. The van der Waals surface area contributed by atoms with Crippen LogP contribution in [0.1, 0.15) is 13.3 Å². The maximum atomic E-state index is 11.3. The van der Waals surface area contributed by atoms with Crippen LogP contribution >= 0.6 is 15.9 Å². The van der Waals surface area contributed by atoms with E-state index in [9.17, 15) is 4.79 Å². The van der Waals surface area contributed by atoms with Crippen molar-refractivity contribution >= 4 is 27.8 Å². The Hall–Kier alpha value is -1.01. The number of amides is 2. The first-order valence-corrected chi connectivity index (χ1v) is 5.38. The van der Waals surface area contributed by atoms with Gasteiger partial charge in [0.05, 0.1) is 12.6 Å². The van der Waals surface area contributed by atoms with Crippen LogP contribution in [0.2, 0.25) is 0 Å². The first-order valence-electron chi connectivity index (χ1n) is 4.59. The minimum absolute atomic E-state index is 0.0776. The van der Waals surface area contributed by atoms with Gasteiger partial charge in [-0.1, -0.05) is 6.92 Å². The summed E-state index contributed by atoms with van der Waals surface area (Å²) in [5.74, 6) is 0.354. The molecule has 0 aliphatic rings. The molecule has 1 unspecified atom stereocenters. The second-order valence-corrected chi connectivity index (χ2v) is 3.77. The molecule has 0 aromatic carbocycles. The predicted molar refractivity (Wildman–Crippen MR) is 59.7 cm³/mol. The fraction of sp³-hybridized carbons (Fsp3) is 0.444. The fourth-order valence-electron chi connectivity index (χ4n) is 0.992. The van der Waals surface area contributed by atoms with Crippen LogP contribution in [0.5, 0.6) is 0 Å². The molecule has 1 heterocycles. The van der Waals surface area contributed by atoms with Gasteiger partial charge >= 0.3 is 6.03 Å². The second kappa shape index (κ2) is 5.77. The van der Waals surface area contributed by atoms with Gasteiger partial charge in [0.2, 0.25) is 5.88 Å². The molecule has 0 spiro atoms. The van der Waals surface area contributed by atoms with E-state index < -0.39 is 6.03 Å². The number of carbonyl (C=O) groups is 1. The molecular formula is C9H13BrN2O3. The van der Waals surface area contributed by atoms with E-state index in [-0.39, 0.29) is 12.6 Å². The van der Waals surface area contributed by atoms with Gasteiger partial charge in [0, 0.05) is 6.07 Å². The Morgan fingerprint density at radius 2 is 2.40 bits per heavy atom. The highest BCUT2D eigenvalue weighted by Gasteiger charge is 2.10. The van der Waals surface area contributed by atoms with Crippen molar-refractivity contribution in [1.82, 2.24) is 5.32 Å². The number of anilines is 1.